The Bertz CT molecular complexity index is 33.1. The van der Waals surface area contributed by atoms with E-state index in [1.54, 1.807) is 0 Å². The molecule has 4 heteroatoms. The molecule has 1 N–H and O–H groups in total. The molecule has 13 heavy (non-hydrogen) atoms. The quantitative estimate of drug-likeness (QED) is 0.665. The molecular weight excluding hydrogens is 246 g/mol. The van der Waals surface area contributed by atoms with Gasteiger partial charge in [0.25, 0.3) is 0 Å². The van der Waals surface area contributed by atoms with Crippen LogP contribution in [0.2, 0.25) is 0 Å². The van der Waals surface area contributed by atoms with E-state index in [1.807, 2.05) is 0 Å². The fourth-order valence-corrected chi connectivity index (χ4v) is 0. The molecule has 1 nitrogen and oxygen atoms in total. The Morgan fingerprint density at radius 3 is 0.615 bits per heavy atom. The molecule has 0 bridgehead atoms. The first-order chi connectivity index (χ1) is 4.46. The van der Waals surface area contributed by atoms with Gasteiger partial charge in [-0.05, 0) is 0 Å². The number of hydrogen-bond donors (Lipinski definition) is 1. The van der Waals surface area contributed by atoms with Gasteiger partial charge in [-0.25, -0.2) is 0 Å². The van der Waals surface area contributed by atoms with Crippen LogP contribution in [0.5, 0.6) is 0 Å². The van der Waals surface area contributed by atoms with Gasteiger partial charge in [-0.1, -0.05) is 0 Å². The van der Waals surface area contributed by atoms with Crippen molar-refractivity contribution in [2.45, 2.75) is 41.5 Å². The SMILES string of the molecule is CO.C[C-](C)C.C[C-](C)C.Cl.Cl.[V+2]. The van der Waals surface area contributed by atoms with Crippen molar-refractivity contribution in [3.63, 3.8) is 0 Å². The Hall–Kier alpha value is 1.12. The number of rotatable bonds is 0. The summed E-state index contributed by atoms with van der Waals surface area (Å²) >= 11 is 0. The molecule has 0 fully saturated rings. The van der Waals surface area contributed by atoms with E-state index >= 15 is 0 Å². The second-order valence-electron chi connectivity index (χ2n) is 3.00. The van der Waals surface area contributed by atoms with Gasteiger partial charge in [-0.15, -0.1) is 24.8 Å². The van der Waals surface area contributed by atoms with Gasteiger partial charge in [0.1, 0.15) is 0 Å². The summed E-state index contributed by atoms with van der Waals surface area (Å²) in [6, 6.07) is 0. The van der Waals surface area contributed by atoms with Crippen molar-refractivity contribution in [2.24, 2.45) is 0 Å². The van der Waals surface area contributed by atoms with Crippen LogP contribution in [0.3, 0.4) is 0 Å². The number of halogens is 2. The summed E-state index contributed by atoms with van der Waals surface area (Å²) in [5.41, 5.74) is 0. The first-order valence-corrected chi connectivity index (χ1v) is 3.45. The largest absolute Gasteiger partial charge is 2.00 e. The van der Waals surface area contributed by atoms with Crippen LogP contribution in [-0.4, -0.2) is 12.2 Å². The summed E-state index contributed by atoms with van der Waals surface area (Å²) in [5, 5.41) is 7.00. The maximum absolute atomic E-state index is 7.00. The van der Waals surface area contributed by atoms with Crippen LogP contribution in [0.1, 0.15) is 41.5 Å². The molecule has 0 aliphatic carbocycles. The molecule has 0 aromatic heterocycles. The minimum absolute atomic E-state index is 0. The predicted octanol–water partition coefficient (Wildman–Crippen LogP) is 3.69. The third-order valence-electron chi connectivity index (χ3n) is 0. The summed E-state index contributed by atoms with van der Waals surface area (Å²) in [4.78, 5) is 0. The van der Waals surface area contributed by atoms with Gasteiger partial charge in [0.2, 0.25) is 0 Å². The first-order valence-electron chi connectivity index (χ1n) is 3.45. The maximum atomic E-state index is 7.00. The van der Waals surface area contributed by atoms with E-state index in [0.717, 1.165) is 7.11 Å². The van der Waals surface area contributed by atoms with Crippen molar-refractivity contribution < 1.29 is 23.7 Å². The van der Waals surface area contributed by atoms with Crippen molar-refractivity contribution in [2.75, 3.05) is 7.11 Å². The normalized spacial score (nSPS) is 6.00. The minimum atomic E-state index is 0. The van der Waals surface area contributed by atoms with Gasteiger partial charge < -0.3 is 16.9 Å². The van der Waals surface area contributed by atoms with Crippen LogP contribution in [0.15, 0.2) is 0 Å². The average molecular weight is 270 g/mol. The summed E-state index contributed by atoms with van der Waals surface area (Å²) in [6.45, 7) is 12.5. The Morgan fingerprint density at radius 2 is 0.615 bits per heavy atom. The molecule has 0 aromatic rings. The molecule has 0 heterocycles. The first kappa shape index (κ1) is 36.9. The van der Waals surface area contributed by atoms with Crippen molar-refractivity contribution >= 4 is 24.8 Å². The summed E-state index contributed by atoms with van der Waals surface area (Å²) in [7, 11) is 1.00. The van der Waals surface area contributed by atoms with Crippen LogP contribution >= 0.6 is 24.8 Å². The van der Waals surface area contributed by atoms with Crippen molar-refractivity contribution in [3.8, 4) is 0 Å². The predicted molar refractivity (Wildman–Crippen MR) is 63.2 cm³/mol. The Labute approximate surface area is 109 Å². The van der Waals surface area contributed by atoms with Gasteiger partial charge in [0.15, 0.2) is 0 Å². The third kappa shape index (κ3) is 1280. The molecule has 0 atom stereocenters. The molecule has 0 rings (SSSR count). The summed E-state index contributed by atoms with van der Waals surface area (Å²) in [6.07, 6.45) is 0. The zero-order valence-electron chi connectivity index (χ0n) is 9.71. The zero-order chi connectivity index (χ0) is 9.15. The second-order valence-corrected chi connectivity index (χ2v) is 3.00. The fraction of sp³-hybridized carbons (Fsp3) is 0.778. The zero-order valence-corrected chi connectivity index (χ0v) is 12.7. The number of hydrogen-bond acceptors (Lipinski definition) is 1. The van der Waals surface area contributed by atoms with E-state index in [9.17, 15) is 0 Å². The van der Waals surface area contributed by atoms with E-state index in [1.165, 1.54) is 11.8 Å². The van der Waals surface area contributed by atoms with Crippen molar-refractivity contribution in [1.29, 1.82) is 0 Å². The minimum Gasteiger partial charge on any atom is -0.400 e. The van der Waals surface area contributed by atoms with Crippen LogP contribution in [0, 0.1) is 11.8 Å². The monoisotopic (exact) mass is 269 g/mol. The molecule has 0 spiro atoms. The van der Waals surface area contributed by atoms with Crippen molar-refractivity contribution in [3.05, 3.63) is 11.8 Å². The van der Waals surface area contributed by atoms with Crippen LogP contribution in [0.25, 0.3) is 0 Å². The van der Waals surface area contributed by atoms with Gasteiger partial charge >= 0.3 is 18.6 Å². The number of aliphatic hydroxyl groups excluding tert-OH is 1. The molecule has 0 saturated heterocycles. The van der Waals surface area contributed by atoms with Gasteiger partial charge in [0, 0.05) is 7.11 Å². The van der Waals surface area contributed by atoms with E-state index in [0.29, 0.717) is 0 Å². The molecule has 0 aliphatic rings. The summed E-state index contributed by atoms with van der Waals surface area (Å²) < 4.78 is 0. The van der Waals surface area contributed by atoms with Crippen LogP contribution < -0.4 is 0 Å². The van der Waals surface area contributed by atoms with Gasteiger partial charge in [-0.2, -0.15) is 41.5 Å². The van der Waals surface area contributed by atoms with E-state index in [-0.39, 0.29) is 43.4 Å². The molecular formula is C9H24Cl2OV. The standard InChI is InChI=1S/2C4H9.CH4O.2ClH.V/c2*1-4(2)3;1-2;;;/h2*1-3H3;2H,1H3;2*1H;/q2*-1;;;;+2. The maximum Gasteiger partial charge on any atom is 2.00 e. The summed E-state index contributed by atoms with van der Waals surface area (Å²) in [5.74, 6) is 2.83. The van der Waals surface area contributed by atoms with E-state index in [2.05, 4.69) is 41.5 Å². The fourth-order valence-electron chi connectivity index (χ4n) is 0. The van der Waals surface area contributed by atoms with Crippen LogP contribution in [-0.2, 0) is 18.6 Å². The molecule has 85 valence electrons. The Balaban J connectivity index is -0.0000000133. The third-order valence-corrected chi connectivity index (χ3v) is 0. The molecule has 0 unspecified atom stereocenters. The molecule has 0 amide bonds. The van der Waals surface area contributed by atoms with Gasteiger partial charge in [0.05, 0.1) is 0 Å². The van der Waals surface area contributed by atoms with Crippen molar-refractivity contribution in [1.82, 2.24) is 0 Å². The molecule has 1 radical (unpaired) electrons. The topological polar surface area (TPSA) is 20.2 Å². The molecule has 0 aliphatic heterocycles. The second kappa shape index (κ2) is 38.0. The van der Waals surface area contributed by atoms with E-state index in [4.69, 9.17) is 5.11 Å². The Kier molecular flexibility index (Phi) is 108. The van der Waals surface area contributed by atoms with E-state index < -0.39 is 0 Å². The Morgan fingerprint density at radius 1 is 0.615 bits per heavy atom. The smallest absolute Gasteiger partial charge is 0.400 e. The average Bonchev–Trinajstić information content (AvgIpc) is 1.66. The molecule has 0 aromatic carbocycles. The molecule has 0 saturated carbocycles. The van der Waals surface area contributed by atoms with Gasteiger partial charge in [-0.3, -0.25) is 0 Å². The van der Waals surface area contributed by atoms with Crippen LogP contribution in [0.4, 0.5) is 0 Å². The number of aliphatic hydroxyl groups is 1.